The monoisotopic (exact) mass is 158 g/mol. The molecule has 1 rings (SSSR count). The zero-order chi connectivity index (χ0) is 8.43. The standard InChI is InChI=1S/C4H3BO6/c1-2(6)9-5-10-3(7)4(8)11-5/h1H3. The minimum Gasteiger partial charge on any atom is -0.462 e. The summed E-state index contributed by atoms with van der Waals surface area (Å²) in [6.07, 6.45) is 0. The zero-order valence-electron chi connectivity index (χ0n) is 5.53. The summed E-state index contributed by atoms with van der Waals surface area (Å²) >= 11 is 0. The molecule has 0 unspecified atom stereocenters. The van der Waals surface area contributed by atoms with Crippen LogP contribution in [0.3, 0.4) is 0 Å². The molecule has 1 fully saturated rings. The van der Waals surface area contributed by atoms with Gasteiger partial charge in [0.15, 0.2) is 0 Å². The van der Waals surface area contributed by atoms with E-state index in [0.717, 1.165) is 6.92 Å². The van der Waals surface area contributed by atoms with Crippen molar-refractivity contribution in [1.82, 2.24) is 0 Å². The molecule has 11 heavy (non-hydrogen) atoms. The van der Waals surface area contributed by atoms with Crippen molar-refractivity contribution in [3.63, 3.8) is 0 Å². The molecule has 0 saturated carbocycles. The lowest BCUT2D eigenvalue weighted by Gasteiger charge is -1.98. The number of carbonyl (C=O) groups is 3. The van der Waals surface area contributed by atoms with Crippen molar-refractivity contribution in [3.05, 3.63) is 0 Å². The van der Waals surface area contributed by atoms with E-state index in [1.807, 2.05) is 0 Å². The van der Waals surface area contributed by atoms with Crippen LogP contribution in [0.4, 0.5) is 0 Å². The highest BCUT2D eigenvalue weighted by Crippen LogP contribution is 2.03. The van der Waals surface area contributed by atoms with Gasteiger partial charge in [-0.2, -0.15) is 0 Å². The smallest absolute Gasteiger partial charge is 0.462 e. The van der Waals surface area contributed by atoms with Crippen molar-refractivity contribution in [2.24, 2.45) is 0 Å². The molecule has 0 aromatic rings. The average Bonchev–Trinajstić information content (AvgIpc) is 2.10. The van der Waals surface area contributed by atoms with Crippen LogP contribution >= 0.6 is 0 Å². The topological polar surface area (TPSA) is 78.9 Å². The third-order valence-electron chi connectivity index (χ3n) is 0.835. The average molecular weight is 158 g/mol. The number of hydrogen-bond donors (Lipinski definition) is 0. The lowest BCUT2D eigenvalue weighted by molar-refractivity contribution is -0.150. The van der Waals surface area contributed by atoms with Gasteiger partial charge < -0.3 is 14.0 Å². The van der Waals surface area contributed by atoms with Gasteiger partial charge in [0.1, 0.15) is 0 Å². The second kappa shape index (κ2) is 2.61. The first-order valence-corrected chi connectivity index (χ1v) is 2.68. The lowest BCUT2D eigenvalue weighted by Crippen LogP contribution is -2.22. The molecule has 7 heteroatoms. The van der Waals surface area contributed by atoms with E-state index in [1.165, 1.54) is 0 Å². The van der Waals surface area contributed by atoms with Gasteiger partial charge in [0.25, 0.3) is 5.97 Å². The Labute approximate surface area is 61.6 Å². The van der Waals surface area contributed by atoms with Gasteiger partial charge in [0, 0.05) is 6.92 Å². The molecule has 0 atom stereocenters. The quantitative estimate of drug-likeness (QED) is 0.346. The summed E-state index contributed by atoms with van der Waals surface area (Å²) in [6.45, 7) is 1.10. The van der Waals surface area contributed by atoms with Crippen LogP contribution in [-0.4, -0.2) is 25.2 Å². The molecule has 0 aromatic heterocycles. The molecule has 6 nitrogen and oxygen atoms in total. The Bertz CT molecular complexity index is 207. The molecule has 58 valence electrons. The van der Waals surface area contributed by atoms with E-state index in [0.29, 0.717) is 0 Å². The highest BCUT2D eigenvalue weighted by atomic mass is 16.8. The van der Waals surface area contributed by atoms with Crippen LogP contribution in [0.1, 0.15) is 6.92 Å². The Morgan fingerprint density at radius 3 is 2.18 bits per heavy atom. The van der Waals surface area contributed by atoms with Gasteiger partial charge >= 0.3 is 19.3 Å². The molecule has 1 aliphatic rings. The lowest BCUT2D eigenvalue weighted by atomic mass is 10.2. The van der Waals surface area contributed by atoms with Gasteiger partial charge in [-0.1, -0.05) is 0 Å². The summed E-state index contributed by atoms with van der Waals surface area (Å²) in [5.41, 5.74) is 0. The molecule has 1 saturated heterocycles. The first kappa shape index (κ1) is 7.58. The second-order valence-corrected chi connectivity index (χ2v) is 1.71. The van der Waals surface area contributed by atoms with Gasteiger partial charge in [-0.25, -0.2) is 9.59 Å². The van der Waals surface area contributed by atoms with Crippen molar-refractivity contribution in [2.75, 3.05) is 0 Å². The molecule has 0 radical (unpaired) electrons. The number of rotatable bonds is 1. The fourth-order valence-electron chi connectivity index (χ4n) is 0.479. The third-order valence-corrected chi connectivity index (χ3v) is 0.835. The predicted molar refractivity (Wildman–Crippen MR) is 29.7 cm³/mol. The van der Waals surface area contributed by atoms with Crippen LogP contribution in [0.2, 0.25) is 0 Å². The molecule has 0 aliphatic carbocycles. The SMILES string of the molecule is CC(=O)OB1OC(=O)C(=O)O1. The fraction of sp³-hybridized carbons (Fsp3) is 0.250. The second-order valence-electron chi connectivity index (χ2n) is 1.71. The Morgan fingerprint density at radius 2 is 1.82 bits per heavy atom. The summed E-state index contributed by atoms with van der Waals surface area (Å²) in [5, 5.41) is 0. The van der Waals surface area contributed by atoms with E-state index in [1.54, 1.807) is 0 Å². The van der Waals surface area contributed by atoms with Crippen LogP contribution in [-0.2, 0) is 28.3 Å². The highest BCUT2D eigenvalue weighted by molar-refractivity contribution is 6.56. The van der Waals surface area contributed by atoms with E-state index in [-0.39, 0.29) is 0 Å². The maximum atomic E-state index is 10.3. The first-order valence-electron chi connectivity index (χ1n) is 2.68. The normalized spacial score (nSPS) is 15.9. The van der Waals surface area contributed by atoms with E-state index in [4.69, 9.17) is 0 Å². The Morgan fingerprint density at radius 1 is 1.36 bits per heavy atom. The summed E-state index contributed by atoms with van der Waals surface area (Å²) in [4.78, 5) is 30.8. The Hall–Kier alpha value is -1.53. The van der Waals surface area contributed by atoms with E-state index >= 15 is 0 Å². The van der Waals surface area contributed by atoms with Gasteiger partial charge in [0.2, 0.25) is 0 Å². The van der Waals surface area contributed by atoms with Gasteiger partial charge in [0.05, 0.1) is 0 Å². The molecule has 1 heterocycles. The molecule has 0 N–H and O–H groups in total. The van der Waals surface area contributed by atoms with E-state index in [9.17, 15) is 14.4 Å². The van der Waals surface area contributed by atoms with Crippen molar-refractivity contribution in [1.29, 1.82) is 0 Å². The van der Waals surface area contributed by atoms with Crippen molar-refractivity contribution in [3.8, 4) is 0 Å². The minimum absolute atomic E-state index is 0.697. The van der Waals surface area contributed by atoms with Gasteiger partial charge in [-0.3, -0.25) is 4.79 Å². The molecule has 0 bridgehead atoms. The van der Waals surface area contributed by atoms with Crippen LogP contribution in [0.5, 0.6) is 0 Å². The molecule has 0 amide bonds. The molecule has 0 spiro atoms. The molecule has 0 aromatic carbocycles. The third kappa shape index (κ3) is 1.70. The molecule has 1 aliphatic heterocycles. The van der Waals surface area contributed by atoms with Crippen molar-refractivity contribution < 1.29 is 28.3 Å². The summed E-state index contributed by atoms with van der Waals surface area (Å²) in [7, 11) is -1.51. The van der Waals surface area contributed by atoms with Crippen LogP contribution in [0, 0.1) is 0 Å². The van der Waals surface area contributed by atoms with Crippen molar-refractivity contribution >= 4 is 25.2 Å². The fourth-order valence-corrected chi connectivity index (χ4v) is 0.479. The Balaban J connectivity index is 2.47. The van der Waals surface area contributed by atoms with Crippen LogP contribution in [0.15, 0.2) is 0 Å². The molecular formula is C4H3BO6. The number of hydrogen-bond acceptors (Lipinski definition) is 6. The summed E-state index contributed by atoms with van der Waals surface area (Å²) < 4.78 is 12.5. The largest absolute Gasteiger partial charge is 0.870 e. The van der Waals surface area contributed by atoms with E-state index < -0.39 is 25.2 Å². The predicted octanol–water partition coefficient (Wildman–Crippen LogP) is -1.37. The van der Waals surface area contributed by atoms with Gasteiger partial charge in [-0.05, 0) is 0 Å². The molecular weight excluding hydrogens is 155 g/mol. The maximum Gasteiger partial charge on any atom is 0.870 e. The minimum atomic E-state index is -1.51. The zero-order valence-corrected chi connectivity index (χ0v) is 5.53. The first-order chi connectivity index (χ1) is 5.09. The Kier molecular flexibility index (Phi) is 1.80. The summed E-state index contributed by atoms with van der Waals surface area (Å²) in [5.74, 6) is -3.01. The van der Waals surface area contributed by atoms with Crippen LogP contribution < -0.4 is 0 Å². The van der Waals surface area contributed by atoms with Crippen molar-refractivity contribution in [2.45, 2.75) is 6.92 Å². The highest BCUT2D eigenvalue weighted by Gasteiger charge is 2.46. The maximum absolute atomic E-state index is 10.3. The number of carbonyl (C=O) groups excluding carboxylic acids is 3. The van der Waals surface area contributed by atoms with Gasteiger partial charge in [-0.15, -0.1) is 0 Å². The van der Waals surface area contributed by atoms with Crippen LogP contribution in [0.25, 0.3) is 0 Å². The van der Waals surface area contributed by atoms with E-state index in [2.05, 4.69) is 14.0 Å². The summed E-state index contributed by atoms with van der Waals surface area (Å²) in [6, 6.07) is 0.